The van der Waals surface area contributed by atoms with Crippen molar-refractivity contribution in [1.29, 1.82) is 0 Å². The number of rotatable bonds is 9. The maximum Gasteiger partial charge on any atom is 0.340 e. The average Bonchev–Trinajstić information content (AvgIpc) is 2.66. The minimum atomic E-state index is -3.48. The molecule has 0 aromatic heterocycles. The summed E-state index contributed by atoms with van der Waals surface area (Å²) in [5, 5.41) is 2.71. The standard InChI is InChI=1S/C21H26N2O5S/c1-4-28-21(25)17-11-6-7-12-18(17)22-20(24)14-9-15-23(29(3,26)27)19-13-8-5-10-16(19)2/h5-8,10-13H,4,9,14-15H2,1-3H3,(H,22,24). The van der Waals surface area contributed by atoms with Gasteiger partial charge in [0.1, 0.15) is 0 Å². The molecule has 0 aliphatic carbocycles. The molecule has 2 aromatic carbocycles. The second kappa shape index (κ2) is 10.1. The number of nitrogens with zero attached hydrogens (tertiary/aromatic N) is 1. The van der Waals surface area contributed by atoms with Crippen molar-refractivity contribution in [3.05, 3.63) is 59.7 Å². The van der Waals surface area contributed by atoms with Crippen LogP contribution in [0.25, 0.3) is 0 Å². The van der Waals surface area contributed by atoms with E-state index in [1.807, 2.05) is 19.1 Å². The number of amides is 1. The molecule has 29 heavy (non-hydrogen) atoms. The molecule has 0 unspecified atom stereocenters. The van der Waals surface area contributed by atoms with Gasteiger partial charge >= 0.3 is 5.97 Å². The number of benzene rings is 2. The van der Waals surface area contributed by atoms with Gasteiger partial charge in [-0.25, -0.2) is 13.2 Å². The van der Waals surface area contributed by atoms with Crippen LogP contribution in [0.1, 0.15) is 35.7 Å². The first kappa shape index (κ1) is 22.4. The van der Waals surface area contributed by atoms with Gasteiger partial charge in [-0.1, -0.05) is 30.3 Å². The summed E-state index contributed by atoms with van der Waals surface area (Å²) >= 11 is 0. The highest BCUT2D eigenvalue weighted by atomic mass is 32.2. The fraction of sp³-hybridized carbons (Fsp3) is 0.333. The molecule has 0 bridgehead atoms. The van der Waals surface area contributed by atoms with Gasteiger partial charge in [0.05, 0.1) is 29.8 Å². The van der Waals surface area contributed by atoms with Crippen LogP contribution in [0.15, 0.2) is 48.5 Å². The molecule has 0 aliphatic rings. The van der Waals surface area contributed by atoms with E-state index in [0.717, 1.165) is 11.8 Å². The molecule has 2 rings (SSSR count). The molecule has 7 nitrogen and oxygen atoms in total. The van der Waals surface area contributed by atoms with Crippen LogP contribution in [0.5, 0.6) is 0 Å². The number of hydrogen-bond donors (Lipinski definition) is 1. The molecule has 0 radical (unpaired) electrons. The second-order valence-electron chi connectivity index (χ2n) is 6.54. The zero-order valence-electron chi connectivity index (χ0n) is 16.8. The van der Waals surface area contributed by atoms with Crippen molar-refractivity contribution >= 4 is 33.3 Å². The fourth-order valence-corrected chi connectivity index (χ4v) is 3.91. The molecule has 0 heterocycles. The number of para-hydroxylation sites is 2. The van der Waals surface area contributed by atoms with Crippen molar-refractivity contribution in [3.8, 4) is 0 Å². The number of anilines is 2. The number of ether oxygens (including phenoxy) is 1. The van der Waals surface area contributed by atoms with Gasteiger partial charge in [-0.3, -0.25) is 9.10 Å². The largest absolute Gasteiger partial charge is 0.462 e. The van der Waals surface area contributed by atoms with E-state index in [1.54, 1.807) is 43.3 Å². The van der Waals surface area contributed by atoms with Gasteiger partial charge in [-0.15, -0.1) is 0 Å². The van der Waals surface area contributed by atoms with Crippen LogP contribution < -0.4 is 9.62 Å². The highest BCUT2D eigenvalue weighted by Crippen LogP contribution is 2.23. The lowest BCUT2D eigenvalue weighted by molar-refractivity contribution is -0.116. The molecule has 8 heteroatoms. The number of carbonyl (C=O) groups is 2. The first-order valence-electron chi connectivity index (χ1n) is 9.33. The Labute approximate surface area is 171 Å². The third kappa shape index (κ3) is 6.32. The zero-order chi connectivity index (χ0) is 21.4. The van der Waals surface area contributed by atoms with Crippen LogP contribution in [-0.4, -0.2) is 39.7 Å². The normalized spacial score (nSPS) is 11.0. The maximum atomic E-state index is 12.3. The van der Waals surface area contributed by atoms with Crippen LogP contribution >= 0.6 is 0 Å². The predicted octanol–water partition coefficient (Wildman–Crippen LogP) is 3.36. The first-order chi connectivity index (χ1) is 13.7. The smallest absolute Gasteiger partial charge is 0.340 e. The summed E-state index contributed by atoms with van der Waals surface area (Å²) in [5.74, 6) is -0.814. The number of nitrogens with one attached hydrogen (secondary N) is 1. The molecule has 0 atom stereocenters. The van der Waals surface area contributed by atoms with Gasteiger partial charge in [0.25, 0.3) is 0 Å². The van der Waals surface area contributed by atoms with Crippen LogP contribution in [0, 0.1) is 6.92 Å². The summed E-state index contributed by atoms with van der Waals surface area (Å²) in [5.41, 5.74) is 2.09. The van der Waals surface area contributed by atoms with E-state index in [9.17, 15) is 18.0 Å². The number of sulfonamides is 1. The van der Waals surface area contributed by atoms with E-state index in [2.05, 4.69) is 5.32 Å². The highest BCUT2D eigenvalue weighted by Gasteiger charge is 2.19. The zero-order valence-corrected chi connectivity index (χ0v) is 17.7. The number of esters is 1. The van der Waals surface area contributed by atoms with Crippen LogP contribution in [0.2, 0.25) is 0 Å². The molecule has 0 aliphatic heterocycles. The monoisotopic (exact) mass is 418 g/mol. The highest BCUT2D eigenvalue weighted by molar-refractivity contribution is 7.92. The predicted molar refractivity (Wildman–Crippen MR) is 114 cm³/mol. The number of aryl methyl sites for hydroxylation is 1. The minimum absolute atomic E-state index is 0.106. The Morgan fingerprint density at radius 1 is 1.07 bits per heavy atom. The summed E-state index contributed by atoms with van der Waals surface area (Å²) in [7, 11) is -3.48. The van der Waals surface area contributed by atoms with Crippen molar-refractivity contribution in [2.75, 3.05) is 29.0 Å². The summed E-state index contributed by atoms with van der Waals surface area (Å²) in [6.45, 7) is 3.96. The fourth-order valence-electron chi connectivity index (χ4n) is 2.88. The van der Waals surface area contributed by atoms with Crippen LogP contribution in [-0.2, 0) is 19.6 Å². The third-order valence-corrected chi connectivity index (χ3v) is 5.43. The van der Waals surface area contributed by atoms with Gasteiger partial charge < -0.3 is 10.1 Å². The van der Waals surface area contributed by atoms with Gasteiger partial charge in [-0.2, -0.15) is 0 Å². The molecule has 1 amide bonds. The average molecular weight is 419 g/mol. The van der Waals surface area contributed by atoms with E-state index >= 15 is 0 Å². The van der Waals surface area contributed by atoms with Gasteiger partial charge in [-0.05, 0) is 44.0 Å². The van der Waals surface area contributed by atoms with Crippen molar-refractivity contribution < 1.29 is 22.7 Å². The quantitative estimate of drug-likeness (QED) is 0.631. The van der Waals surface area contributed by atoms with Gasteiger partial charge in [0.15, 0.2) is 0 Å². The number of hydrogen-bond acceptors (Lipinski definition) is 5. The molecule has 0 spiro atoms. The van der Waals surface area contributed by atoms with Gasteiger partial charge in [0, 0.05) is 13.0 Å². The van der Waals surface area contributed by atoms with Crippen LogP contribution in [0.4, 0.5) is 11.4 Å². The Hall–Kier alpha value is -2.87. The van der Waals surface area contributed by atoms with Crippen LogP contribution in [0.3, 0.4) is 0 Å². The van der Waals surface area contributed by atoms with E-state index in [-0.39, 0.29) is 31.0 Å². The summed E-state index contributed by atoms with van der Waals surface area (Å²) in [4.78, 5) is 24.4. The minimum Gasteiger partial charge on any atom is -0.462 e. The van der Waals surface area contributed by atoms with E-state index in [0.29, 0.717) is 17.8 Å². The molecular weight excluding hydrogens is 392 g/mol. The van der Waals surface area contributed by atoms with Crippen molar-refractivity contribution in [2.45, 2.75) is 26.7 Å². The third-order valence-electron chi connectivity index (χ3n) is 4.25. The lowest BCUT2D eigenvalue weighted by atomic mass is 10.1. The SMILES string of the molecule is CCOC(=O)c1ccccc1NC(=O)CCCN(c1ccccc1C)S(C)(=O)=O. The van der Waals surface area contributed by atoms with Gasteiger partial charge in [0.2, 0.25) is 15.9 Å². The summed E-state index contributed by atoms with van der Waals surface area (Å²) in [6.07, 6.45) is 1.58. The molecule has 1 N–H and O–H groups in total. The second-order valence-corrected chi connectivity index (χ2v) is 8.45. The Morgan fingerprint density at radius 3 is 2.38 bits per heavy atom. The molecule has 0 fully saturated rings. The summed E-state index contributed by atoms with van der Waals surface area (Å²) in [6, 6.07) is 13.8. The van der Waals surface area contributed by atoms with E-state index < -0.39 is 16.0 Å². The Balaban J connectivity index is 2.02. The molecular formula is C21H26N2O5S. The summed E-state index contributed by atoms with van der Waals surface area (Å²) < 4.78 is 30.7. The van der Waals surface area contributed by atoms with Crippen molar-refractivity contribution in [2.24, 2.45) is 0 Å². The lowest BCUT2D eigenvalue weighted by Gasteiger charge is -2.24. The molecule has 2 aromatic rings. The molecule has 0 saturated carbocycles. The lowest BCUT2D eigenvalue weighted by Crippen LogP contribution is -2.32. The maximum absolute atomic E-state index is 12.3. The van der Waals surface area contributed by atoms with Crippen molar-refractivity contribution in [1.82, 2.24) is 0 Å². The first-order valence-corrected chi connectivity index (χ1v) is 11.2. The molecule has 156 valence electrons. The Morgan fingerprint density at radius 2 is 1.72 bits per heavy atom. The Bertz CT molecular complexity index is 973. The van der Waals surface area contributed by atoms with Crippen molar-refractivity contribution in [3.63, 3.8) is 0 Å². The van der Waals surface area contributed by atoms with E-state index in [1.165, 1.54) is 4.31 Å². The Kier molecular flexibility index (Phi) is 7.78. The van der Waals surface area contributed by atoms with E-state index in [4.69, 9.17) is 4.74 Å². The number of carbonyl (C=O) groups excluding carboxylic acids is 2. The molecule has 0 saturated heterocycles. The topological polar surface area (TPSA) is 92.8 Å².